The van der Waals surface area contributed by atoms with Gasteiger partial charge in [-0.15, -0.1) is 11.3 Å². The zero-order valence-electron chi connectivity index (χ0n) is 10.1. The van der Waals surface area contributed by atoms with Gasteiger partial charge in [-0.05, 0) is 12.8 Å². The molecule has 0 saturated heterocycles. The van der Waals surface area contributed by atoms with Gasteiger partial charge in [0.25, 0.3) is 5.91 Å². The van der Waals surface area contributed by atoms with Crippen molar-refractivity contribution in [2.24, 2.45) is 0 Å². The van der Waals surface area contributed by atoms with Gasteiger partial charge in [-0.3, -0.25) is 4.79 Å². The Kier molecular flexibility index (Phi) is 6.65. The molecule has 1 rings (SSSR count). The fraction of sp³-hybridized carbons (Fsp3) is 0.583. The summed E-state index contributed by atoms with van der Waals surface area (Å²) in [6.45, 7) is 0.936. The molecule has 0 saturated carbocycles. The van der Waals surface area contributed by atoms with Crippen LogP contribution in [-0.2, 0) is 0 Å². The minimum Gasteiger partial charge on any atom is -0.496 e. The van der Waals surface area contributed by atoms with Gasteiger partial charge < -0.3 is 15.2 Å². The van der Waals surface area contributed by atoms with Gasteiger partial charge in [0, 0.05) is 24.6 Å². The topological polar surface area (TPSA) is 58.6 Å². The summed E-state index contributed by atoms with van der Waals surface area (Å²) in [6, 6.07) is 1.74. The van der Waals surface area contributed by atoms with Crippen LogP contribution < -0.4 is 10.1 Å². The van der Waals surface area contributed by atoms with E-state index in [2.05, 4.69) is 5.32 Å². The number of unbranched alkanes of at least 4 members (excludes halogenated alkanes) is 3. The SMILES string of the molecule is COc1csc(C(=O)NCCCCCCO)c1. The first-order valence-corrected chi connectivity index (χ1v) is 6.67. The molecule has 0 bridgehead atoms. The van der Waals surface area contributed by atoms with Crippen LogP contribution in [0.5, 0.6) is 5.75 Å². The fourth-order valence-corrected chi connectivity index (χ4v) is 2.20. The van der Waals surface area contributed by atoms with Crippen LogP contribution in [0.1, 0.15) is 35.4 Å². The van der Waals surface area contributed by atoms with E-state index in [9.17, 15) is 4.79 Å². The van der Waals surface area contributed by atoms with Crippen LogP contribution >= 0.6 is 11.3 Å². The second-order valence-electron chi connectivity index (χ2n) is 3.74. The van der Waals surface area contributed by atoms with Crippen LogP contribution in [0.3, 0.4) is 0 Å². The van der Waals surface area contributed by atoms with E-state index in [-0.39, 0.29) is 12.5 Å². The molecule has 2 N–H and O–H groups in total. The van der Waals surface area contributed by atoms with E-state index in [4.69, 9.17) is 9.84 Å². The van der Waals surface area contributed by atoms with Crippen molar-refractivity contribution in [1.82, 2.24) is 5.32 Å². The van der Waals surface area contributed by atoms with Gasteiger partial charge in [-0.1, -0.05) is 12.8 Å². The largest absolute Gasteiger partial charge is 0.496 e. The van der Waals surface area contributed by atoms with Gasteiger partial charge in [0.2, 0.25) is 0 Å². The zero-order chi connectivity index (χ0) is 12.5. The molecule has 0 spiro atoms. The lowest BCUT2D eigenvalue weighted by Gasteiger charge is -2.02. The Balaban J connectivity index is 2.16. The Hall–Kier alpha value is -1.07. The highest BCUT2D eigenvalue weighted by Crippen LogP contribution is 2.20. The summed E-state index contributed by atoms with van der Waals surface area (Å²) in [5.74, 6) is 0.684. The van der Waals surface area contributed by atoms with Gasteiger partial charge in [0.05, 0.1) is 12.0 Å². The predicted molar refractivity (Wildman–Crippen MR) is 68.8 cm³/mol. The highest BCUT2D eigenvalue weighted by atomic mass is 32.1. The number of amides is 1. The standard InChI is InChI=1S/C12H19NO3S/c1-16-10-8-11(17-9-10)12(15)13-6-4-2-3-5-7-14/h8-9,14H,2-7H2,1H3,(H,13,15). The van der Waals surface area contributed by atoms with E-state index >= 15 is 0 Å². The zero-order valence-corrected chi connectivity index (χ0v) is 10.9. The van der Waals surface area contributed by atoms with E-state index in [1.165, 1.54) is 11.3 Å². The van der Waals surface area contributed by atoms with Crippen LogP contribution in [0.15, 0.2) is 11.4 Å². The number of aliphatic hydroxyl groups excluding tert-OH is 1. The number of carbonyl (C=O) groups is 1. The second-order valence-corrected chi connectivity index (χ2v) is 4.66. The minimum atomic E-state index is -0.0412. The molecule has 0 fully saturated rings. The molecule has 1 aromatic heterocycles. The van der Waals surface area contributed by atoms with Gasteiger partial charge in [-0.25, -0.2) is 0 Å². The molecule has 0 aliphatic rings. The van der Waals surface area contributed by atoms with Gasteiger partial charge >= 0.3 is 0 Å². The van der Waals surface area contributed by atoms with Gasteiger partial charge in [0.15, 0.2) is 0 Å². The molecule has 0 unspecified atom stereocenters. The Morgan fingerprint density at radius 2 is 2.18 bits per heavy atom. The summed E-state index contributed by atoms with van der Waals surface area (Å²) in [7, 11) is 1.59. The van der Waals surface area contributed by atoms with Crippen LogP contribution in [0.25, 0.3) is 0 Å². The van der Waals surface area contributed by atoms with Crippen molar-refractivity contribution in [2.75, 3.05) is 20.3 Å². The summed E-state index contributed by atoms with van der Waals surface area (Å²) in [6.07, 6.45) is 3.85. The lowest BCUT2D eigenvalue weighted by Crippen LogP contribution is -2.23. The number of carbonyl (C=O) groups excluding carboxylic acids is 1. The average Bonchev–Trinajstić information content (AvgIpc) is 2.82. The number of nitrogens with one attached hydrogen (secondary N) is 1. The maximum Gasteiger partial charge on any atom is 0.261 e. The normalized spacial score (nSPS) is 10.2. The third-order valence-electron chi connectivity index (χ3n) is 2.41. The van der Waals surface area contributed by atoms with Crippen molar-refractivity contribution in [3.05, 3.63) is 16.3 Å². The van der Waals surface area contributed by atoms with Crippen LogP contribution in [0, 0.1) is 0 Å². The Bertz CT molecular complexity index is 338. The molecule has 1 heterocycles. The molecule has 0 aliphatic heterocycles. The van der Waals surface area contributed by atoms with Crippen LogP contribution in [0.2, 0.25) is 0 Å². The van der Waals surface area contributed by atoms with Crippen molar-refractivity contribution in [1.29, 1.82) is 0 Å². The molecule has 0 aliphatic carbocycles. The number of hydrogen-bond donors (Lipinski definition) is 2. The monoisotopic (exact) mass is 257 g/mol. The van der Waals surface area contributed by atoms with Crippen molar-refractivity contribution in [3.63, 3.8) is 0 Å². The molecule has 0 aromatic carbocycles. The quantitative estimate of drug-likeness (QED) is 0.701. The molecule has 96 valence electrons. The summed E-state index contributed by atoms with van der Waals surface area (Å²) in [5.41, 5.74) is 0. The first-order chi connectivity index (χ1) is 8.27. The number of thiophene rings is 1. The van der Waals surface area contributed by atoms with E-state index < -0.39 is 0 Å². The molecule has 17 heavy (non-hydrogen) atoms. The molecule has 0 radical (unpaired) electrons. The third-order valence-corrected chi connectivity index (χ3v) is 3.31. The van der Waals surface area contributed by atoms with Crippen molar-refractivity contribution < 1.29 is 14.6 Å². The lowest BCUT2D eigenvalue weighted by atomic mass is 10.2. The van der Waals surface area contributed by atoms with E-state index in [1.807, 2.05) is 5.38 Å². The van der Waals surface area contributed by atoms with E-state index in [0.717, 1.165) is 31.4 Å². The molecule has 4 nitrogen and oxygen atoms in total. The van der Waals surface area contributed by atoms with Crippen molar-refractivity contribution in [3.8, 4) is 5.75 Å². The highest BCUT2D eigenvalue weighted by molar-refractivity contribution is 7.12. The first kappa shape index (κ1) is 14.0. The first-order valence-electron chi connectivity index (χ1n) is 5.79. The fourth-order valence-electron chi connectivity index (χ4n) is 1.42. The highest BCUT2D eigenvalue weighted by Gasteiger charge is 2.08. The molecule has 1 aromatic rings. The minimum absolute atomic E-state index is 0.0412. The molecule has 5 heteroatoms. The Labute approximate surface area is 106 Å². The average molecular weight is 257 g/mol. The second kappa shape index (κ2) is 8.08. The number of aliphatic hydroxyl groups is 1. The van der Waals surface area contributed by atoms with E-state index in [1.54, 1.807) is 13.2 Å². The van der Waals surface area contributed by atoms with Gasteiger partial charge in [-0.2, -0.15) is 0 Å². The predicted octanol–water partition coefficient (Wildman–Crippen LogP) is 2.04. The van der Waals surface area contributed by atoms with Crippen LogP contribution in [-0.4, -0.2) is 31.3 Å². The summed E-state index contributed by atoms with van der Waals surface area (Å²) in [5, 5.41) is 13.3. The summed E-state index contributed by atoms with van der Waals surface area (Å²) in [4.78, 5) is 12.3. The summed E-state index contributed by atoms with van der Waals surface area (Å²) < 4.78 is 5.02. The Morgan fingerprint density at radius 3 is 2.82 bits per heavy atom. The van der Waals surface area contributed by atoms with E-state index in [0.29, 0.717) is 11.4 Å². The van der Waals surface area contributed by atoms with Crippen LogP contribution in [0.4, 0.5) is 0 Å². The maximum absolute atomic E-state index is 11.7. The molecule has 1 amide bonds. The third kappa shape index (κ3) is 5.19. The molecule has 0 atom stereocenters. The molecular weight excluding hydrogens is 238 g/mol. The van der Waals surface area contributed by atoms with Crippen molar-refractivity contribution >= 4 is 17.2 Å². The van der Waals surface area contributed by atoms with Crippen molar-refractivity contribution in [2.45, 2.75) is 25.7 Å². The number of rotatable bonds is 8. The number of methoxy groups -OCH3 is 1. The maximum atomic E-state index is 11.7. The Morgan fingerprint density at radius 1 is 1.41 bits per heavy atom. The lowest BCUT2D eigenvalue weighted by molar-refractivity contribution is 0.0956. The number of hydrogen-bond acceptors (Lipinski definition) is 4. The molecular formula is C12H19NO3S. The summed E-state index contributed by atoms with van der Waals surface area (Å²) >= 11 is 1.38. The number of ether oxygens (including phenoxy) is 1. The van der Waals surface area contributed by atoms with Gasteiger partial charge in [0.1, 0.15) is 5.75 Å². The smallest absolute Gasteiger partial charge is 0.261 e.